The molecule has 2 heteroatoms. The molecule has 0 unspecified atom stereocenters. The Balaban J connectivity index is 4.60. The molecule has 0 rings (SSSR count). The van der Waals surface area contributed by atoms with E-state index in [1.807, 2.05) is 12.4 Å². The van der Waals surface area contributed by atoms with Crippen LogP contribution in [0.15, 0.2) is 9.98 Å². The van der Waals surface area contributed by atoms with Crippen LogP contribution in [0, 0.1) is 10.8 Å². The minimum absolute atomic E-state index is 0.0293. The molecule has 20 heavy (non-hydrogen) atoms. The van der Waals surface area contributed by atoms with E-state index >= 15 is 0 Å². The van der Waals surface area contributed by atoms with Crippen molar-refractivity contribution in [3.63, 3.8) is 0 Å². The van der Waals surface area contributed by atoms with Gasteiger partial charge in [-0.05, 0) is 51.4 Å². The molecule has 0 aromatic carbocycles. The van der Waals surface area contributed by atoms with Crippen LogP contribution in [0.25, 0.3) is 0 Å². The van der Waals surface area contributed by atoms with Crippen molar-refractivity contribution in [1.29, 1.82) is 0 Å². The van der Waals surface area contributed by atoms with Gasteiger partial charge in [0.1, 0.15) is 0 Å². The van der Waals surface area contributed by atoms with E-state index in [0.717, 1.165) is 12.8 Å². The molecule has 0 saturated heterocycles. The fraction of sp³-hybridized carbons (Fsp3) is 0.889. The SMILES string of the molecule is CC(C)(C)CC(C)(C)N=C/C=N/C(C)(C)CC(C)(C)C. The first-order valence-corrected chi connectivity index (χ1v) is 7.71. The van der Waals surface area contributed by atoms with Crippen LogP contribution >= 0.6 is 0 Å². The number of nitrogens with zero attached hydrogens (tertiary/aromatic N) is 2. The molecule has 0 saturated carbocycles. The maximum Gasteiger partial charge on any atom is 0.0557 e. The van der Waals surface area contributed by atoms with Gasteiger partial charge in [0, 0.05) is 12.4 Å². The summed E-state index contributed by atoms with van der Waals surface area (Å²) in [6.45, 7) is 22.3. The summed E-state index contributed by atoms with van der Waals surface area (Å²) in [5.74, 6) is 0. The van der Waals surface area contributed by atoms with Gasteiger partial charge in [-0.25, -0.2) is 0 Å². The maximum atomic E-state index is 4.67. The van der Waals surface area contributed by atoms with Crippen LogP contribution in [0.1, 0.15) is 82.1 Å². The number of hydrogen-bond donors (Lipinski definition) is 0. The lowest BCUT2D eigenvalue weighted by Crippen LogP contribution is -2.26. The topological polar surface area (TPSA) is 24.7 Å². The van der Waals surface area contributed by atoms with Gasteiger partial charge in [0.2, 0.25) is 0 Å². The Morgan fingerprint density at radius 3 is 1.00 bits per heavy atom. The van der Waals surface area contributed by atoms with Crippen molar-refractivity contribution in [2.45, 2.75) is 93.2 Å². The highest BCUT2D eigenvalue weighted by molar-refractivity contribution is 6.16. The normalized spacial score (nSPS) is 15.5. The predicted octanol–water partition coefficient (Wildman–Crippen LogP) is 5.56. The Morgan fingerprint density at radius 2 is 0.800 bits per heavy atom. The van der Waals surface area contributed by atoms with Gasteiger partial charge in [-0.15, -0.1) is 0 Å². The molecule has 0 bridgehead atoms. The second kappa shape index (κ2) is 6.41. The summed E-state index contributed by atoms with van der Waals surface area (Å²) >= 11 is 0. The van der Waals surface area contributed by atoms with E-state index < -0.39 is 0 Å². The van der Waals surface area contributed by atoms with Gasteiger partial charge in [-0.1, -0.05) is 41.5 Å². The molecular weight excluding hydrogens is 244 g/mol. The highest BCUT2D eigenvalue weighted by atomic mass is 14.9. The molecule has 0 heterocycles. The molecule has 0 aliphatic rings. The highest BCUT2D eigenvalue weighted by Crippen LogP contribution is 2.30. The molecular formula is C18H36N2. The van der Waals surface area contributed by atoms with E-state index in [4.69, 9.17) is 0 Å². The van der Waals surface area contributed by atoms with Crippen LogP contribution in [0.2, 0.25) is 0 Å². The zero-order valence-electron chi connectivity index (χ0n) is 15.5. The molecule has 0 aliphatic heterocycles. The summed E-state index contributed by atoms with van der Waals surface area (Å²) in [7, 11) is 0. The van der Waals surface area contributed by atoms with Gasteiger partial charge in [-0.2, -0.15) is 0 Å². The molecule has 0 aromatic heterocycles. The second-order valence-corrected chi connectivity index (χ2v) is 9.66. The van der Waals surface area contributed by atoms with Crippen molar-refractivity contribution >= 4 is 12.4 Å². The summed E-state index contributed by atoms with van der Waals surface area (Å²) < 4.78 is 0. The molecule has 0 spiro atoms. The van der Waals surface area contributed by atoms with Gasteiger partial charge in [0.25, 0.3) is 0 Å². The lowest BCUT2D eigenvalue weighted by molar-refractivity contribution is 0.287. The van der Waals surface area contributed by atoms with E-state index in [2.05, 4.69) is 79.2 Å². The van der Waals surface area contributed by atoms with Crippen molar-refractivity contribution in [3.8, 4) is 0 Å². The summed E-state index contributed by atoms with van der Waals surface area (Å²) in [5, 5.41) is 0. The fourth-order valence-electron chi connectivity index (χ4n) is 3.16. The molecule has 0 radical (unpaired) electrons. The lowest BCUT2D eigenvalue weighted by atomic mass is 9.82. The van der Waals surface area contributed by atoms with Gasteiger partial charge in [0.05, 0.1) is 11.1 Å². The minimum Gasteiger partial charge on any atom is -0.286 e. The van der Waals surface area contributed by atoms with Gasteiger partial charge >= 0.3 is 0 Å². The standard InChI is InChI=1S/C18H36N2/c1-15(2,3)13-17(7,8)19-11-12-20-18(9,10)14-16(4,5)6/h11-12H,13-14H2,1-10H3/b19-11+,20-12?. The minimum atomic E-state index is -0.0293. The van der Waals surface area contributed by atoms with Crippen LogP contribution < -0.4 is 0 Å². The molecule has 0 N–H and O–H groups in total. The van der Waals surface area contributed by atoms with Crippen LogP contribution in [-0.2, 0) is 0 Å². The smallest absolute Gasteiger partial charge is 0.0557 e. The maximum absolute atomic E-state index is 4.67. The zero-order chi connectivity index (χ0) is 16.2. The van der Waals surface area contributed by atoms with Gasteiger partial charge in [-0.3, -0.25) is 9.98 Å². The van der Waals surface area contributed by atoms with E-state index in [0.29, 0.717) is 10.8 Å². The fourth-order valence-corrected chi connectivity index (χ4v) is 3.16. The first-order chi connectivity index (χ1) is 8.62. The molecule has 118 valence electrons. The molecule has 2 nitrogen and oxygen atoms in total. The van der Waals surface area contributed by atoms with E-state index in [9.17, 15) is 0 Å². The van der Waals surface area contributed by atoms with Gasteiger partial charge in [0.15, 0.2) is 0 Å². The zero-order valence-corrected chi connectivity index (χ0v) is 15.5. The number of hydrogen-bond acceptors (Lipinski definition) is 2. The highest BCUT2D eigenvalue weighted by Gasteiger charge is 2.25. The quantitative estimate of drug-likeness (QED) is 0.589. The average molecular weight is 280 g/mol. The molecule has 0 atom stereocenters. The van der Waals surface area contributed by atoms with E-state index in [1.54, 1.807) is 0 Å². The van der Waals surface area contributed by atoms with Gasteiger partial charge < -0.3 is 0 Å². The summed E-state index contributed by atoms with van der Waals surface area (Å²) in [5.41, 5.74) is 0.532. The monoisotopic (exact) mass is 280 g/mol. The molecule has 0 fully saturated rings. The van der Waals surface area contributed by atoms with Crippen LogP contribution in [-0.4, -0.2) is 23.5 Å². The van der Waals surface area contributed by atoms with E-state index in [-0.39, 0.29) is 11.1 Å². The average Bonchev–Trinajstić information content (AvgIpc) is 2.04. The Bertz CT molecular complexity index is 311. The van der Waals surface area contributed by atoms with Crippen molar-refractivity contribution in [1.82, 2.24) is 0 Å². The molecule has 0 amide bonds. The van der Waals surface area contributed by atoms with Crippen molar-refractivity contribution < 1.29 is 0 Å². The molecule has 0 aliphatic carbocycles. The Kier molecular flexibility index (Phi) is 6.19. The van der Waals surface area contributed by atoms with E-state index in [1.165, 1.54) is 0 Å². The second-order valence-electron chi connectivity index (χ2n) is 9.66. The van der Waals surface area contributed by atoms with Crippen molar-refractivity contribution in [2.24, 2.45) is 20.8 Å². The first kappa shape index (κ1) is 19.3. The van der Waals surface area contributed by atoms with Crippen molar-refractivity contribution in [2.75, 3.05) is 0 Å². The van der Waals surface area contributed by atoms with Crippen molar-refractivity contribution in [3.05, 3.63) is 0 Å². The third kappa shape index (κ3) is 11.2. The largest absolute Gasteiger partial charge is 0.286 e. The summed E-state index contributed by atoms with van der Waals surface area (Å²) in [6, 6.07) is 0. The van der Waals surface area contributed by atoms with Crippen LogP contribution in [0.3, 0.4) is 0 Å². The Hall–Kier alpha value is -0.660. The summed E-state index contributed by atoms with van der Waals surface area (Å²) in [4.78, 5) is 9.33. The predicted molar refractivity (Wildman–Crippen MR) is 93.3 cm³/mol. The Labute approximate surface area is 127 Å². The third-order valence-corrected chi connectivity index (χ3v) is 2.84. The third-order valence-electron chi connectivity index (χ3n) is 2.84. The number of aliphatic imine (C=N–C) groups is 2. The molecule has 0 aromatic rings. The summed E-state index contributed by atoms with van der Waals surface area (Å²) in [6.07, 6.45) is 5.87. The first-order valence-electron chi connectivity index (χ1n) is 7.71. The number of rotatable bonds is 5. The lowest BCUT2D eigenvalue weighted by Gasteiger charge is -2.29. The van der Waals surface area contributed by atoms with Crippen LogP contribution in [0.4, 0.5) is 0 Å². The van der Waals surface area contributed by atoms with Crippen LogP contribution in [0.5, 0.6) is 0 Å². The Morgan fingerprint density at radius 1 is 0.550 bits per heavy atom.